The Morgan fingerprint density at radius 3 is 3.07 bits per heavy atom. The lowest BCUT2D eigenvalue weighted by Crippen LogP contribution is -2.42. The Balaban J connectivity index is 1.89. The second-order valence-corrected chi connectivity index (χ2v) is 5.55. The van der Waals surface area contributed by atoms with E-state index < -0.39 is 0 Å². The van der Waals surface area contributed by atoms with Crippen LogP contribution in [-0.4, -0.2) is 24.8 Å². The molecule has 1 aromatic rings. The maximum Gasteiger partial charge on any atom is 0.0499 e. The zero-order valence-corrected chi connectivity index (χ0v) is 9.85. The minimum Gasteiger partial charge on any atom is -0.396 e. The number of hydrogen-bond donors (Lipinski definition) is 2. The molecule has 0 aromatic carbocycles. The van der Waals surface area contributed by atoms with Crippen LogP contribution in [0.5, 0.6) is 0 Å². The second kappa shape index (κ2) is 5.10. The van der Waals surface area contributed by atoms with E-state index in [1.807, 2.05) is 11.3 Å². The number of rotatable bonds is 4. The fourth-order valence-electron chi connectivity index (χ4n) is 2.30. The van der Waals surface area contributed by atoms with Crippen LogP contribution in [0.1, 0.15) is 24.1 Å². The molecule has 2 N–H and O–H groups in total. The molecule has 1 saturated heterocycles. The van der Waals surface area contributed by atoms with E-state index >= 15 is 0 Å². The van der Waals surface area contributed by atoms with Crippen LogP contribution in [0.4, 0.5) is 0 Å². The summed E-state index contributed by atoms with van der Waals surface area (Å²) in [6.45, 7) is 2.42. The minimum atomic E-state index is 0.141. The van der Waals surface area contributed by atoms with Crippen LogP contribution in [0.25, 0.3) is 0 Å². The Kier molecular flexibility index (Phi) is 3.78. The monoisotopic (exact) mass is 225 g/mol. The molecule has 1 aliphatic rings. The molecule has 0 amide bonds. The highest BCUT2D eigenvalue weighted by Crippen LogP contribution is 2.31. The molecule has 1 fully saturated rings. The normalized spacial score (nSPS) is 26.7. The van der Waals surface area contributed by atoms with Gasteiger partial charge in [0, 0.05) is 23.4 Å². The van der Waals surface area contributed by atoms with Gasteiger partial charge in [-0.25, -0.2) is 0 Å². The van der Waals surface area contributed by atoms with Gasteiger partial charge in [0.25, 0.3) is 0 Å². The zero-order chi connectivity index (χ0) is 10.6. The number of aliphatic hydroxyl groups is 1. The average Bonchev–Trinajstić information content (AvgIpc) is 2.81. The van der Waals surface area contributed by atoms with Crippen LogP contribution in [0.15, 0.2) is 17.5 Å². The molecule has 2 nitrogen and oxygen atoms in total. The van der Waals surface area contributed by atoms with Crippen LogP contribution in [0.2, 0.25) is 0 Å². The molecule has 0 saturated carbocycles. The van der Waals surface area contributed by atoms with Crippen molar-refractivity contribution in [1.29, 1.82) is 0 Å². The fraction of sp³-hybridized carbons (Fsp3) is 0.667. The Morgan fingerprint density at radius 1 is 1.53 bits per heavy atom. The predicted octanol–water partition coefficient (Wildman–Crippen LogP) is 2.04. The summed E-state index contributed by atoms with van der Waals surface area (Å²) >= 11 is 1.82. The number of thiophene rings is 1. The maximum absolute atomic E-state index is 9.53. The van der Waals surface area contributed by atoms with Crippen LogP contribution in [-0.2, 0) is 6.42 Å². The first-order valence-electron chi connectivity index (χ1n) is 5.69. The summed E-state index contributed by atoms with van der Waals surface area (Å²) in [6.07, 6.45) is 4.59. The Hall–Kier alpha value is -0.380. The number of aliphatic hydroxyl groups excluding tert-OH is 1. The lowest BCUT2D eigenvalue weighted by atomic mass is 9.77. The quantitative estimate of drug-likeness (QED) is 0.822. The number of hydrogen-bond acceptors (Lipinski definition) is 3. The Labute approximate surface area is 95.3 Å². The van der Waals surface area contributed by atoms with E-state index in [1.54, 1.807) is 0 Å². The summed E-state index contributed by atoms with van der Waals surface area (Å²) in [4.78, 5) is 1.44. The third-order valence-electron chi connectivity index (χ3n) is 3.38. The van der Waals surface area contributed by atoms with Gasteiger partial charge in [-0.05, 0) is 43.7 Å². The van der Waals surface area contributed by atoms with Crippen LogP contribution >= 0.6 is 11.3 Å². The summed E-state index contributed by atoms with van der Waals surface area (Å²) in [5.41, 5.74) is 0.141. The van der Waals surface area contributed by atoms with E-state index in [-0.39, 0.29) is 5.41 Å². The SMILES string of the molecule is OCC1(CCc2cccs2)CCCNC1. The molecular weight excluding hydrogens is 206 g/mol. The van der Waals surface area contributed by atoms with Crippen molar-refractivity contribution in [1.82, 2.24) is 5.32 Å². The summed E-state index contributed by atoms with van der Waals surface area (Å²) in [5.74, 6) is 0. The van der Waals surface area contributed by atoms with E-state index in [1.165, 1.54) is 17.7 Å². The van der Waals surface area contributed by atoms with E-state index in [2.05, 4.69) is 22.8 Å². The van der Waals surface area contributed by atoms with Gasteiger partial charge in [0.1, 0.15) is 0 Å². The molecule has 0 bridgehead atoms. The van der Waals surface area contributed by atoms with Crippen molar-refractivity contribution < 1.29 is 5.11 Å². The lowest BCUT2D eigenvalue weighted by Gasteiger charge is -2.36. The van der Waals surface area contributed by atoms with Gasteiger partial charge in [-0.2, -0.15) is 0 Å². The summed E-state index contributed by atoms with van der Waals surface area (Å²) in [7, 11) is 0. The molecule has 2 heterocycles. The van der Waals surface area contributed by atoms with Gasteiger partial charge in [-0.3, -0.25) is 0 Å². The van der Waals surface area contributed by atoms with Gasteiger partial charge in [0.15, 0.2) is 0 Å². The molecule has 0 spiro atoms. The van der Waals surface area contributed by atoms with Crippen LogP contribution < -0.4 is 5.32 Å². The largest absolute Gasteiger partial charge is 0.396 e. The zero-order valence-electron chi connectivity index (χ0n) is 9.04. The van der Waals surface area contributed by atoms with E-state index in [4.69, 9.17) is 0 Å². The van der Waals surface area contributed by atoms with Crippen molar-refractivity contribution in [3.63, 3.8) is 0 Å². The molecule has 2 rings (SSSR count). The smallest absolute Gasteiger partial charge is 0.0499 e. The van der Waals surface area contributed by atoms with Crippen molar-refractivity contribution in [2.75, 3.05) is 19.7 Å². The van der Waals surface area contributed by atoms with E-state index in [9.17, 15) is 5.11 Å². The number of aryl methyl sites for hydroxylation is 1. The molecule has 1 unspecified atom stereocenters. The van der Waals surface area contributed by atoms with Crippen molar-refractivity contribution in [3.05, 3.63) is 22.4 Å². The van der Waals surface area contributed by atoms with E-state index in [0.29, 0.717) is 6.61 Å². The molecular formula is C12H19NOS. The van der Waals surface area contributed by atoms with Gasteiger partial charge < -0.3 is 10.4 Å². The molecule has 84 valence electrons. The van der Waals surface area contributed by atoms with Gasteiger partial charge in [-0.1, -0.05) is 6.07 Å². The van der Waals surface area contributed by atoms with Crippen LogP contribution in [0.3, 0.4) is 0 Å². The number of piperidine rings is 1. The van der Waals surface area contributed by atoms with Crippen LogP contribution in [0, 0.1) is 5.41 Å². The highest BCUT2D eigenvalue weighted by Gasteiger charge is 2.30. The summed E-state index contributed by atoms with van der Waals surface area (Å²) < 4.78 is 0. The van der Waals surface area contributed by atoms with E-state index in [0.717, 1.165) is 25.9 Å². The summed E-state index contributed by atoms with van der Waals surface area (Å²) in [6, 6.07) is 4.29. The molecule has 1 aliphatic heterocycles. The first kappa shape index (κ1) is 11.1. The fourth-order valence-corrected chi connectivity index (χ4v) is 3.01. The van der Waals surface area contributed by atoms with Crippen molar-refractivity contribution >= 4 is 11.3 Å². The summed E-state index contributed by atoms with van der Waals surface area (Å²) in [5, 5.41) is 15.1. The molecule has 0 aliphatic carbocycles. The minimum absolute atomic E-state index is 0.141. The van der Waals surface area contributed by atoms with Gasteiger partial charge in [-0.15, -0.1) is 11.3 Å². The molecule has 15 heavy (non-hydrogen) atoms. The molecule has 1 atom stereocenters. The number of nitrogens with one attached hydrogen (secondary N) is 1. The molecule has 0 radical (unpaired) electrons. The van der Waals surface area contributed by atoms with Crippen molar-refractivity contribution in [3.8, 4) is 0 Å². The molecule has 3 heteroatoms. The maximum atomic E-state index is 9.53. The van der Waals surface area contributed by atoms with Crippen molar-refractivity contribution in [2.45, 2.75) is 25.7 Å². The van der Waals surface area contributed by atoms with Gasteiger partial charge >= 0.3 is 0 Å². The van der Waals surface area contributed by atoms with Gasteiger partial charge in [0.2, 0.25) is 0 Å². The third kappa shape index (κ3) is 2.80. The predicted molar refractivity (Wildman–Crippen MR) is 64.3 cm³/mol. The first-order chi connectivity index (χ1) is 7.35. The highest BCUT2D eigenvalue weighted by atomic mass is 32.1. The Bertz CT molecular complexity index is 278. The van der Waals surface area contributed by atoms with Gasteiger partial charge in [0.05, 0.1) is 0 Å². The van der Waals surface area contributed by atoms with Crippen molar-refractivity contribution in [2.24, 2.45) is 5.41 Å². The topological polar surface area (TPSA) is 32.3 Å². The second-order valence-electron chi connectivity index (χ2n) is 4.52. The third-order valence-corrected chi connectivity index (χ3v) is 4.31. The standard InChI is InChI=1S/C12H19NOS/c14-10-12(5-2-7-13-9-12)6-4-11-3-1-8-15-11/h1,3,8,13-14H,2,4-7,9-10H2. The lowest BCUT2D eigenvalue weighted by molar-refractivity contribution is 0.0864. The average molecular weight is 225 g/mol. The molecule has 1 aromatic heterocycles. The Morgan fingerprint density at radius 2 is 2.47 bits per heavy atom. The highest BCUT2D eigenvalue weighted by molar-refractivity contribution is 7.09. The first-order valence-corrected chi connectivity index (χ1v) is 6.57.